The van der Waals surface area contributed by atoms with E-state index in [9.17, 15) is 4.79 Å². The van der Waals surface area contributed by atoms with Gasteiger partial charge in [0.1, 0.15) is 6.17 Å². The van der Waals surface area contributed by atoms with Crippen molar-refractivity contribution in [2.75, 3.05) is 9.80 Å². The van der Waals surface area contributed by atoms with E-state index >= 15 is 0 Å². The predicted molar refractivity (Wildman–Crippen MR) is 159 cm³/mol. The maximum atomic E-state index is 13.0. The Bertz CT molecular complexity index is 1550. The minimum Gasteiger partial charge on any atom is -0.318 e. The molecule has 0 bridgehead atoms. The second-order valence-electron chi connectivity index (χ2n) is 12.3. The van der Waals surface area contributed by atoms with Crippen LogP contribution in [0.5, 0.6) is 0 Å². The molecule has 198 valence electrons. The van der Waals surface area contributed by atoms with E-state index in [4.69, 9.17) is 0 Å². The third kappa shape index (κ3) is 4.23. The smallest absolute Gasteiger partial charge is 0.248 e. The van der Waals surface area contributed by atoms with Crippen molar-refractivity contribution in [2.45, 2.75) is 65.6 Å². The van der Waals surface area contributed by atoms with Crippen molar-refractivity contribution < 1.29 is 9.36 Å². The monoisotopic (exact) mass is 516 g/mol. The summed E-state index contributed by atoms with van der Waals surface area (Å²) in [4.78, 5) is 18.0. The average molecular weight is 517 g/mol. The normalized spacial score (nSPS) is 19.9. The summed E-state index contributed by atoms with van der Waals surface area (Å²) in [7, 11) is 0. The van der Waals surface area contributed by atoms with Gasteiger partial charge in [-0.3, -0.25) is 4.79 Å². The van der Waals surface area contributed by atoms with Crippen LogP contribution in [-0.2, 0) is 12.0 Å². The Labute approximate surface area is 232 Å². The molecule has 2 aliphatic rings. The second kappa shape index (κ2) is 9.37. The lowest BCUT2D eigenvalue weighted by Crippen LogP contribution is -2.55. The molecule has 3 atom stereocenters. The number of aromatic nitrogens is 1. The second-order valence-corrected chi connectivity index (χ2v) is 12.3. The highest BCUT2D eigenvalue weighted by atomic mass is 16.1. The molecule has 0 saturated heterocycles. The third-order valence-corrected chi connectivity index (χ3v) is 8.60. The summed E-state index contributed by atoms with van der Waals surface area (Å²) >= 11 is 0. The molecule has 6 rings (SSSR count). The molecule has 1 aromatic heterocycles. The Morgan fingerprint density at radius 3 is 2.28 bits per heavy atom. The summed E-state index contributed by atoms with van der Waals surface area (Å²) in [5, 5.41) is 0. The van der Waals surface area contributed by atoms with Crippen LogP contribution in [-0.4, -0.2) is 11.9 Å². The maximum absolute atomic E-state index is 13.0. The van der Waals surface area contributed by atoms with Gasteiger partial charge in [0.15, 0.2) is 12.7 Å². The van der Waals surface area contributed by atoms with Crippen LogP contribution in [0.4, 0.5) is 22.7 Å². The number of hydrogen-bond donors (Lipinski definition) is 0. The molecule has 2 aliphatic heterocycles. The molecule has 3 unspecified atom stereocenters. The van der Waals surface area contributed by atoms with Gasteiger partial charge in [-0.15, -0.1) is 0 Å². The molecule has 0 fully saturated rings. The molecule has 0 aliphatic carbocycles. The molecular weight excluding hydrogens is 478 g/mol. The fraction of sp³-hybridized carbons (Fsp3) is 0.314. The van der Waals surface area contributed by atoms with Crippen LogP contribution in [0.3, 0.4) is 0 Å². The first kappa shape index (κ1) is 25.4. The molecule has 0 saturated carbocycles. The molecule has 0 amide bonds. The topological polar surface area (TPSA) is 27.4 Å². The van der Waals surface area contributed by atoms with Crippen molar-refractivity contribution in [3.8, 4) is 0 Å². The highest BCUT2D eigenvalue weighted by Gasteiger charge is 2.50. The number of nitrogens with zero attached hydrogens (tertiary/aromatic N) is 3. The van der Waals surface area contributed by atoms with E-state index in [1.807, 2.05) is 0 Å². The minimum absolute atomic E-state index is 0.0216. The zero-order valence-electron chi connectivity index (χ0n) is 23.8. The number of Topliss-reactive ketones (excluding diaryl/α,β-unsaturated/α-hetero) is 1. The fourth-order valence-corrected chi connectivity index (χ4v) is 6.49. The van der Waals surface area contributed by atoms with Crippen molar-refractivity contribution in [1.82, 2.24) is 0 Å². The van der Waals surface area contributed by atoms with Crippen molar-refractivity contribution in [2.24, 2.45) is 5.92 Å². The molecule has 0 N–H and O–H groups in total. The maximum Gasteiger partial charge on any atom is 0.248 e. The Kier molecular flexibility index (Phi) is 6.10. The van der Waals surface area contributed by atoms with Crippen LogP contribution in [0, 0.1) is 12.8 Å². The van der Waals surface area contributed by atoms with Crippen LogP contribution >= 0.6 is 0 Å². The van der Waals surface area contributed by atoms with Crippen LogP contribution in [0.1, 0.15) is 67.7 Å². The Hall–Kier alpha value is -3.92. The van der Waals surface area contributed by atoms with E-state index in [2.05, 4.69) is 140 Å². The van der Waals surface area contributed by atoms with Crippen molar-refractivity contribution >= 4 is 28.5 Å². The molecule has 4 nitrogen and oxygen atoms in total. The van der Waals surface area contributed by atoms with Gasteiger partial charge >= 0.3 is 0 Å². The van der Waals surface area contributed by atoms with Gasteiger partial charge in [0, 0.05) is 30.4 Å². The van der Waals surface area contributed by atoms with Gasteiger partial charge in [0.25, 0.3) is 0 Å². The summed E-state index contributed by atoms with van der Waals surface area (Å²) in [6.07, 6.45) is 2.21. The van der Waals surface area contributed by atoms with Crippen LogP contribution in [0.15, 0.2) is 91.1 Å². The Balaban J connectivity index is 1.55. The van der Waals surface area contributed by atoms with Gasteiger partial charge in [-0.25, -0.2) is 0 Å². The lowest BCUT2D eigenvalue weighted by molar-refractivity contribution is -0.705. The molecule has 4 aromatic rings. The van der Waals surface area contributed by atoms with Crippen LogP contribution in [0.2, 0.25) is 0 Å². The molecular formula is C35H38N3O+. The van der Waals surface area contributed by atoms with Crippen molar-refractivity contribution in [3.05, 3.63) is 114 Å². The third-order valence-electron chi connectivity index (χ3n) is 8.60. The number of carbonyl (C=O) groups is 1. The van der Waals surface area contributed by atoms with Crippen LogP contribution < -0.4 is 14.4 Å². The first-order chi connectivity index (χ1) is 18.6. The molecule has 39 heavy (non-hydrogen) atoms. The number of anilines is 4. The largest absolute Gasteiger partial charge is 0.318 e. The first-order valence-corrected chi connectivity index (χ1v) is 14.0. The lowest BCUT2D eigenvalue weighted by atomic mass is 9.79. The number of pyridine rings is 1. The standard InChI is InChI=1S/C35H38N3O/c1-23-16-17-31-33(20-23)38-30-15-11-10-14-28(30)24(2)29(34(38)37(31)27-12-8-7-9-13-27)22-36-19-18-26(35(4,5)6)21-32(36)25(3)39/h7-21,24,29,34H,22H2,1-6H3/q+1. The molecule has 3 heterocycles. The highest BCUT2D eigenvalue weighted by molar-refractivity contribution is 5.91. The average Bonchev–Trinajstić information content (AvgIpc) is 3.25. The van der Waals surface area contributed by atoms with Gasteiger partial charge in [-0.05, 0) is 65.3 Å². The number of aryl methyl sites for hydroxylation is 1. The number of fused-ring (bicyclic) bond motifs is 5. The van der Waals surface area contributed by atoms with E-state index in [1.54, 1.807) is 6.92 Å². The Morgan fingerprint density at radius 1 is 0.846 bits per heavy atom. The number of hydrogen-bond acceptors (Lipinski definition) is 3. The van der Waals surface area contributed by atoms with Crippen molar-refractivity contribution in [1.29, 1.82) is 0 Å². The molecule has 0 spiro atoms. The van der Waals surface area contributed by atoms with Crippen LogP contribution in [0.25, 0.3) is 0 Å². The van der Waals surface area contributed by atoms with Gasteiger partial charge in [0.05, 0.1) is 17.3 Å². The number of para-hydroxylation sites is 2. The van der Waals surface area contributed by atoms with E-state index in [1.165, 1.54) is 39.4 Å². The van der Waals surface area contributed by atoms with E-state index in [0.29, 0.717) is 5.92 Å². The molecule has 4 heteroatoms. The van der Waals surface area contributed by atoms with Crippen molar-refractivity contribution in [3.63, 3.8) is 0 Å². The number of benzene rings is 3. The van der Waals surface area contributed by atoms with E-state index < -0.39 is 0 Å². The first-order valence-electron chi connectivity index (χ1n) is 14.0. The molecule has 0 radical (unpaired) electrons. The SMILES string of the molecule is CC(=O)c1cc(C(C)(C)C)cc[n+]1CC1C(C)c2ccccc2N2c3cc(C)ccc3N(c3ccccc3)C12. The van der Waals surface area contributed by atoms with E-state index in [-0.39, 0.29) is 23.3 Å². The van der Waals surface area contributed by atoms with Gasteiger partial charge < -0.3 is 9.80 Å². The van der Waals surface area contributed by atoms with Gasteiger partial charge in [-0.2, -0.15) is 4.57 Å². The predicted octanol–water partition coefficient (Wildman–Crippen LogP) is 7.83. The fourth-order valence-electron chi connectivity index (χ4n) is 6.49. The Morgan fingerprint density at radius 2 is 1.56 bits per heavy atom. The van der Waals surface area contributed by atoms with Gasteiger partial charge in [-0.1, -0.05) is 70.2 Å². The van der Waals surface area contributed by atoms with Gasteiger partial charge in [0.2, 0.25) is 11.5 Å². The summed E-state index contributed by atoms with van der Waals surface area (Å²) in [6.45, 7) is 13.6. The zero-order valence-corrected chi connectivity index (χ0v) is 23.8. The summed E-state index contributed by atoms with van der Waals surface area (Å²) < 4.78 is 2.20. The minimum atomic E-state index is -0.0216. The number of rotatable bonds is 4. The number of carbonyl (C=O) groups excluding carboxylic acids is 1. The summed E-state index contributed by atoms with van der Waals surface area (Å²) in [6, 6.07) is 30.7. The number of ketones is 1. The summed E-state index contributed by atoms with van der Waals surface area (Å²) in [5.74, 6) is 0.613. The lowest BCUT2D eigenvalue weighted by Gasteiger charge is -2.45. The quantitative estimate of drug-likeness (QED) is 0.204. The van der Waals surface area contributed by atoms with E-state index in [0.717, 1.165) is 12.2 Å². The summed E-state index contributed by atoms with van der Waals surface area (Å²) in [5.41, 5.74) is 9.48. The molecule has 3 aromatic carbocycles. The zero-order chi connectivity index (χ0) is 27.5. The highest BCUT2D eigenvalue weighted by Crippen LogP contribution is 2.56.